The zero-order valence-corrected chi connectivity index (χ0v) is 22.9. The minimum Gasteiger partial charge on any atom is -0.458 e. The molecule has 0 fully saturated rings. The maximum Gasteiger partial charge on any atom is 0.433 e. The molecule has 0 bridgehead atoms. The molecule has 4 heterocycles. The number of ether oxygens (including phenoxy) is 1. The molecule has 0 amide bonds. The first kappa shape index (κ1) is 27.8. The van der Waals surface area contributed by atoms with Crippen molar-refractivity contribution in [3.05, 3.63) is 64.7 Å². The Kier molecular flexibility index (Phi) is 7.95. The van der Waals surface area contributed by atoms with Gasteiger partial charge in [-0.3, -0.25) is 9.69 Å². The highest BCUT2D eigenvalue weighted by atomic mass is 32.2. The second-order valence-corrected chi connectivity index (χ2v) is 10.6. The van der Waals surface area contributed by atoms with Crippen molar-refractivity contribution in [2.75, 3.05) is 25.4 Å². The van der Waals surface area contributed by atoms with Crippen molar-refractivity contribution in [3.8, 4) is 22.6 Å². The number of thioether (sulfide) groups is 1. The summed E-state index contributed by atoms with van der Waals surface area (Å²) < 4.78 is 51.5. The number of hydrogen-bond donors (Lipinski definition) is 0. The molecule has 210 valence electrons. The van der Waals surface area contributed by atoms with Crippen molar-refractivity contribution in [1.82, 2.24) is 29.8 Å². The average molecular weight is 573 g/mol. The van der Waals surface area contributed by atoms with Gasteiger partial charge in [0.1, 0.15) is 23.3 Å². The SMILES string of the molecule is Cc1cc(-c2ccc3c(c2)CCN(CCSc2nnc(-c4ccc(C(F)(F)F)nc4C)n2C)CC3OC=O)no1. The van der Waals surface area contributed by atoms with Crippen molar-refractivity contribution in [2.24, 2.45) is 7.05 Å². The smallest absolute Gasteiger partial charge is 0.433 e. The molecule has 40 heavy (non-hydrogen) atoms. The maximum absolute atomic E-state index is 13.0. The van der Waals surface area contributed by atoms with Crippen LogP contribution in [0.5, 0.6) is 0 Å². The minimum absolute atomic E-state index is 0.231. The Bertz CT molecular complexity index is 1520. The van der Waals surface area contributed by atoms with Gasteiger partial charge < -0.3 is 13.8 Å². The van der Waals surface area contributed by atoms with Crippen molar-refractivity contribution >= 4 is 18.2 Å². The number of fused-ring (bicyclic) bond motifs is 1. The van der Waals surface area contributed by atoms with Crippen LogP contribution in [0, 0.1) is 13.8 Å². The molecule has 1 aromatic carbocycles. The van der Waals surface area contributed by atoms with E-state index >= 15 is 0 Å². The number of hydrogen-bond acceptors (Lipinski definition) is 9. The molecule has 0 saturated heterocycles. The van der Waals surface area contributed by atoms with Gasteiger partial charge in [0.2, 0.25) is 0 Å². The van der Waals surface area contributed by atoms with E-state index in [0.29, 0.717) is 41.9 Å². The van der Waals surface area contributed by atoms with E-state index in [9.17, 15) is 18.0 Å². The van der Waals surface area contributed by atoms with Crippen LogP contribution in [-0.2, 0) is 29.2 Å². The monoisotopic (exact) mass is 572 g/mol. The predicted molar refractivity (Wildman–Crippen MR) is 141 cm³/mol. The van der Waals surface area contributed by atoms with Crippen molar-refractivity contribution in [1.29, 1.82) is 0 Å². The first-order chi connectivity index (χ1) is 19.1. The van der Waals surface area contributed by atoms with Crippen LogP contribution >= 0.6 is 11.8 Å². The molecule has 3 aromatic heterocycles. The molecule has 0 spiro atoms. The number of halogens is 3. The zero-order chi connectivity index (χ0) is 28.4. The third kappa shape index (κ3) is 5.89. The van der Waals surface area contributed by atoms with Gasteiger partial charge in [0.25, 0.3) is 6.47 Å². The third-order valence-electron chi connectivity index (χ3n) is 6.85. The fourth-order valence-electron chi connectivity index (χ4n) is 4.78. The van der Waals surface area contributed by atoms with Crippen LogP contribution in [0.3, 0.4) is 0 Å². The van der Waals surface area contributed by atoms with E-state index in [0.717, 1.165) is 47.2 Å². The van der Waals surface area contributed by atoms with Crippen LogP contribution in [0.1, 0.15) is 34.4 Å². The summed E-state index contributed by atoms with van der Waals surface area (Å²) in [6.07, 6.45) is -4.13. The highest BCUT2D eigenvalue weighted by Gasteiger charge is 2.33. The molecule has 0 saturated carbocycles. The minimum atomic E-state index is -4.51. The van der Waals surface area contributed by atoms with Crippen LogP contribution < -0.4 is 0 Å². The van der Waals surface area contributed by atoms with Gasteiger partial charge in [0.05, 0.1) is 0 Å². The summed E-state index contributed by atoms with van der Waals surface area (Å²) in [5.74, 6) is 1.87. The summed E-state index contributed by atoms with van der Waals surface area (Å²) >= 11 is 1.49. The molecule has 1 aliphatic heterocycles. The summed E-state index contributed by atoms with van der Waals surface area (Å²) in [5, 5.41) is 13.2. The standard InChI is InChI=1S/C27H27F3N6O3S/c1-16-12-22(34-39-16)19-4-5-21-18(13-19)8-9-36(14-23(21)38-15-37)10-11-40-26-33-32-25(35(26)3)20-6-7-24(27(28,29)30)31-17(20)2/h4-7,12-13,15,23H,8-11,14H2,1-3H3. The highest BCUT2D eigenvalue weighted by Crippen LogP contribution is 2.32. The van der Waals surface area contributed by atoms with Gasteiger partial charge in [-0.25, -0.2) is 4.98 Å². The van der Waals surface area contributed by atoms with Gasteiger partial charge in [0.15, 0.2) is 11.0 Å². The van der Waals surface area contributed by atoms with Crippen LogP contribution in [-0.4, -0.2) is 61.7 Å². The van der Waals surface area contributed by atoms with Crippen molar-refractivity contribution in [2.45, 2.75) is 37.7 Å². The molecule has 1 atom stereocenters. The summed E-state index contributed by atoms with van der Waals surface area (Å²) in [5.41, 5.74) is 3.56. The zero-order valence-electron chi connectivity index (χ0n) is 22.1. The largest absolute Gasteiger partial charge is 0.458 e. The number of rotatable bonds is 8. The maximum atomic E-state index is 13.0. The Balaban J connectivity index is 1.25. The van der Waals surface area contributed by atoms with Gasteiger partial charge in [0, 0.05) is 55.3 Å². The molecule has 9 nitrogen and oxygen atoms in total. The Morgan fingerprint density at radius 3 is 2.70 bits per heavy atom. The van der Waals surface area contributed by atoms with E-state index < -0.39 is 18.0 Å². The number of carbonyl (C=O) groups is 1. The average Bonchev–Trinajstić information content (AvgIpc) is 3.46. The van der Waals surface area contributed by atoms with Crippen LogP contribution in [0.4, 0.5) is 13.2 Å². The lowest BCUT2D eigenvalue weighted by Gasteiger charge is -2.23. The molecular formula is C27H27F3N6O3S. The van der Waals surface area contributed by atoms with Gasteiger partial charge in [-0.1, -0.05) is 29.1 Å². The van der Waals surface area contributed by atoms with Crippen LogP contribution in [0.25, 0.3) is 22.6 Å². The lowest BCUT2D eigenvalue weighted by molar-refractivity contribution is -0.141. The quantitative estimate of drug-likeness (QED) is 0.213. The van der Waals surface area contributed by atoms with E-state index in [4.69, 9.17) is 9.26 Å². The van der Waals surface area contributed by atoms with Gasteiger partial charge >= 0.3 is 6.18 Å². The second-order valence-electron chi connectivity index (χ2n) is 9.55. The Labute approximate surface area is 232 Å². The molecule has 0 aliphatic carbocycles. The van der Waals surface area contributed by atoms with E-state index in [1.165, 1.54) is 24.8 Å². The Hall–Kier alpha value is -3.71. The number of nitrogens with zero attached hydrogens (tertiary/aromatic N) is 6. The van der Waals surface area contributed by atoms with E-state index in [2.05, 4.69) is 31.3 Å². The molecule has 4 aromatic rings. The number of benzene rings is 1. The van der Waals surface area contributed by atoms with Gasteiger partial charge in [-0.2, -0.15) is 13.2 Å². The Morgan fingerprint density at radius 1 is 1.18 bits per heavy atom. The first-order valence-electron chi connectivity index (χ1n) is 12.6. The first-order valence-corrected chi connectivity index (χ1v) is 13.6. The van der Waals surface area contributed by atoms with Crippen LogP contribution in [0.15, 0.2) is 46.1 Å². The molecule has 1 aliphatic rings. The number of pyridine rings is 1. The number of aryl methyl sites for hydroxylation is 2. The van der Waals surface area contributed by atoms with E-state index in [1.54, 1.807) is 11.6 Å². The molecule has 1 unspecified atom stereocenters. The molecule has 0 N–H and O–H groups in total. The van der Waals surface area contributed by atoms with Gasteiger partial charge in [-0.15, -0.1) is 10.2 Å². The topological polar surface area (TPSA) is 99.2 Å². The normalized spacial score (nSPS) is 16.0. The van der Waals surface area contributed by atoms with E-state index in [1.807, 2.05) is 25.1 Å². The fraction of sp³-hybridized carbons (Fsp3) is 0.370. The summed E-state index contributed by atoms with van der Waals surface area (Å²) in [6.45, 7) is 5.88. The molecule has 13 heteroatoms. The number of carbonyl (C=O) groups excluding carboxylic acids is 1. The third-order valence-corrected chi connectivity index (χ3v) is 7.85. The molecule has 5 rings (SSSR count). The highest BCUT2D eigenvalue weighted by molar-refractivity contribution is 7.99. The molecule has 0 radical (unpaired) electrons. The lowest BCUT2D eigenvalue weighted by atomic mass is 9.97. The van der Waals surface area contributed by atoms with Gasteiger partial charge in [-0.05, 0) is 49.6 Å². The predicted octanol–water partition coefficient (Wildman–Crippen LogP) is 5.03. The lowest BCUT2D eigenvalue weighted by Crippen LogP contribution is -2.31. The summed E-state index contributed by atoms with van der Waals surface area (Å²) in [6, 6.07) is 10.2. The Morgan fingerprint density at radius 2 is 2.00 bits per heavy atom. The summed E-state index contributed by atoms with van der Waals surface area (Å²) in [4.78, 5) is 17.2. The van der Waals surface area contributed by atoms with Crippen LogP contribution in [0.2, 0.25) is 0 Å². The number of aromatic nitrogens is 5. The fourth-order valence-corrected chi connectivity index (χ4v) is 5.69. The van der Waals surface area contributed by atoms with E-state index in [-0.39, 0.29) is 5.69 Å². The number of alkyl halides is 3. The van der Waals surface area contributed by atoms with Crippen molar-refractivity contribution in [3.63, 3.8) is 0 Å². The second kappa shape index (κ2) is 11.4. The molecular weight excluding hydrogens is 545 g/mol. The summed E-state index contributed by atoms with van der Waals surface area (Å²) in [7, 11) is 1.78. The van der Waals surface area contributed by atoms with Crippen molar-refractivity contribution < 1.29 is 27.2 Å².